The largest absolute Gasteiger partial charge is 0.416 e. The molecular weight excluding hydrogens is 309 g/mol. The Morgan fingerprint density at radius 3 is 2.43 bits per heavy atom. The zero-order valence-electron chi connectivity index (χ0n) is 13.1. The Bertz CT molecular complexity index is 544. The van der Waals surface area contributed by atoms with Gasteiger partial charge < -0.3 is 16.0 Å². The molecule has 8 heteroatoms. The Morgan fingerprint density at radius 1 is 1.13 bits per heavy atom. The standard InChI is InChI=1S/C15H21F3N4O/c1-3-19-13(23)10-22-14(20-4-2)21-9-11-6-5-7-12(8-11)15(16,17)18/h5-8H,3-4,9-10H2,1-2H3,(H,19,23)(H2,20,21,22). The van der Waals surface area contributed by atoms with Crippen LogP contribution in [0.3, 0.4) is 0 Å². The molecule has 0 aromatic heterocycles. The lowest BCUT2D eigenvalue weighted by atomic mass is 10.1. The summed E-state index contributed by atoms with van der Waals surface area (Å²) in [5, 5.41) is 8.39. The van der Waals surface area contributed by atoms with E-state index in [0.29, 0.717) is 24.6 Å². The van der Waals surface area contributed by atoms with Gasteiger partial charge in [-0.25, -0.2) is 4.99 Å². The lowest BCUT2D eigenvalue weighted by Gasteiger charge is -2.11. The number of alkyl halides is 3. The van der Waals surface area contributed by atoms with Gasteiger partial charge >= 0.3 is 6.18 Å². The first-order valence-electron chi connectivity index (χ1n) is 7.31. The minimum absolute atomic E-state index is 0.0439. The Labute approximate surface area is 133 Å². The molecule has 1 aromatic rings. The number of hydrogen-bond acceptors (Lipinski definition) is 2. The van der Waals surface area contributed by atoms with E-state index in [1.165, 1.54) is 6.07 Å². The number of nitrogens with zero attached hydrogens (tertiary/aromatic N) is 1. The Hall–Kier alpha value is -2.25. The van der Waals surface area contributed by atoms with Gasteiger partial charge in [-0.15, -0.1) is 0 Å². The smallest absolute Gasteiger partial charge is 0.357 e. The van der Waals surface area contributed by atoms with Crippen LogP contribution in [0.2, 0.25) is 0 Å². The summed E-state index contributed by atoms with van der Waals surface area (Å²) in [6, 6.07) is 5.01. The van der Waals surface area contributed by atoms with E-state index < -0.39 is 11.7 Å². The molecular formula is C15H21F3N4O. The van der Waals surface area contributed by atoms with E-state index in [4.69, 9.17) is 0 Å². The summed E-state index contributed by atoms with van der Waals surface area (Å²) in [4.78, 5) is 15.6. The van der Waals surface area contributed by atoms with Gasteiger partial charge in [-0.1, -0.05) is 12.1 Å². The molecule has 1 aromatic carbocycles. The summed E-state index contributed by atoms with van der Waals surface area (Å²) in [5.74, 6) is 0.188. The lowest BCUT2D eigenvalue weighted by molar-refractivity contribution is -0.137. The summed E-state index contributed by atoms with van der Waals surface area (Å²) in [6.07, 6.45) is -4.37. The molecule has 3 N–H and O–H groups in total. The van der Waals surface area contributed by atoms with Crippen molar-refractivity contribution in [2.24, 2.45) is 4.99 Å². The van der Waals surface area contributed by atoms with Crippen molar-refractivity contribution in [3.05, 3.63) is 35.4 Å². The fraction of sp³-hybridized carbons (Fsp3) is 0.467. The van der Waals surface area contributed by atoms with Crippen molar-refractivity contribution in [3.63, 3.8) is 0 Å². The molecule has 1 rings (SSSR count). The van der Waals surface area contributed by atoms with Crippen molar-refractivity contribution in [1.29, 1.82) is 0 Å². The summed E-state index contributed by atoms with van der Waals surface area (Å²) >= 11 is 0. The highest BCUT2D eigenvalue weighted by Crippen LogP contribution is 2.29. The van der Waals surface area contributed by atoms with Crippen LogP contribution < -0.4 is 16.0 Å². The van der Waals surface area contributed by atoms with Gasteiger partial charge in [0, 0.05) is 13.1 Å². The molecule has 0 aliphatic carbocycles. The number of carbonyl (C=O) groups is 1. The fourth-order valence-electron chi connectivity index (χ4n) is 1.78. The van der Waals surface area contributed by atoms with E-state index in [2.05, 4.69) is 20.9 Å². The van der Waals surface area contributed by atoms with Gasteiger partial charge in [-0.05, 0) is 31.5 Å². The van der Waals surface area contributed by atoms with Gasteiger partial charge in [-0.2, -0.15) is 13.2 Å². The normalized spacial score (nSPS) is 12.0. The molecule has 0 spiro atoms. The predicted octanol–water partition coefficient (Wildman–Crippen LogP) is 1.90. The molecule has 23 heavy (non-hydrogen) atoms. The average molecular weight is 330 g/mol. The number of halogens is 3. The summed E-state index contributed by atoms with van der Waals surface area (Å²) < 4.78 is 38.0. The summed E-state index contributed by atoms with van der Waals surface area (Å²) in [5.41, 5.74) is -0.263. The zero-order chi connectivity index (χ0) is 17.3. The number of amides is 1. The SMILES string of the molecule is CCNC(=O)CNC(=NCc1cccc(C(F)(F)F)c1)NCC. The monoisotopic (exact) mass is 330 g/mol. The molecule has 128 valence electrons. The second-order valence-corrected chi connectivity index (χ2v) is 4.70. The molecule has 1 amide bonds. The van der Waals surface area contributed by atoms with Gasteiger partial charge in [0.2, 0.25) is 5.91 Å². The second-order valence-electron chi connectivity index (χ2n) is 4.70. The third-order valence-corrected chi connectivity index (χ3v) is 2.81. The van der Waals surface area contributed by atoms with Gasteiger partial charge in [0.1, 0.15) is 0 Å². The van der Waals surface area contributed by atoms with Crippen LogP contribution in [-0.2, 0) is 17.5 Å². The molecule has 0 aliphatic rings. The Morgan fingerprint density at radius 2 is 1.83 bits per heavy atom. The Balaban J connectivity index is 2.71. The third-order valence-electron chi connectivity index (χ3n) is 2.81. The number of guanidine groups is 1. The number of aliphatic imine (C=N–C) groups is 1. The predicted molar refractivity (Wildman–Crippen MR) is 82.9 cm³/mol. The molecule has 0 unspecified atom stereocenters. The van der Waals surface area contributed by atoms with Crippen molar-refractivity contribution in [2.75, 3.05) is 19.6 Å². The maximum Gasteiger partial charge on any atom is 0.416 e. The van der Waals surface area contributed by atoms with Crippen LogP contribution in [0.1, 0.15) is 25.0 Å². The molecule has 0 heterocycles. The molecule has 0 bridgehead atoms. The number of likely N-dealkylation sites (N-methyl/N-ethyl adjacent to an activating group) is 1. The highest BCUT2D eigenvalue weighted by atomic mass is 19.4. The van der Waals surface area contributed by atoms with Crippen LogP contribution in [0.15, 0.2) is 29.3 Å². The van der Waals surface area contributed by atoms with Gasteiger partial charge in [0.05, 0.1) is 18.7 Å². The van der Waals surface area contributed by atoms with E-state index in [0.717, 1.165) is 12.1 Å². The van der Waals surface area contributed by atoms with Gasteiger partial charge in [-0.3, -0.25) is 4.79 Å². The first kappa shape index (κ1) is 18.8. The van der Waals surface area contributed by atoms with Crippen LogP contribution >= 0.6 is 0 Å². The lowest BCUT2D eigenvalue weighted by Crippen LogP contribution is -2.43. The van der Waals surface area contributed by atoms with E-state index in [9.17, 15) is 18.0 Å². The van der Waals surface area contributed by atoms with Crippen molar-refractivity contribution in [3.8, 4) is 0 Å². The zero-order valence-corrected chi connectivity index (χ0v) is 13.1. The Kier molecular flexibility index (Phi) is 7.37. The van der Waals surface area contributed by atoms with Crippen molar-refractivity contribution >= 4 is 11.9 Å². The average Bonchev–Trinajstić information content (AvgIpc) is 2.50. The van der Waals surface area contributed by atoms with Crippen LogP contribution in [0, 0.1) is 0 Å². The number of carbonyl (C=O) groups excluding carboxylic acids is 1. The van der Waals surface area contributed by atoms with E-state index >= 15 is 0 Å². The van der Waals surface area contributed by atoms with Crippen LogP contribution in [0.5, 0.6) is 0 Å². The van der Waals surface area contributed by atoms with Crippen LogP contribution in [0.4, 0.5) is 13.2 Å². The van der Waals surface area contributed by atoms with Crippen molar-refractivity contribution < 1.29 is 18.0 Å². The minimum atomic E-state index is -4.37. The molecule has 0 aliphatic heterocycles. The summed E-state index contributed by atoms with van der Waals surface area (Å²) in [6.45, 7) is 4.89. The van der Waals surface area contributed by atoms with Crippen LogP contribution in [-0.4, -0.2) is 31.5 Å². The number of nitrogens with one attached hydrogen (secondary N) is 3. The third kappa shape index (κ3) is 7.03. The first-order chi connectivity index (χ1) is 10.9. The maximum absolute atomic E-state index is 12.7. The van der Waals surface area contributed by atoms with E-state index in [-0.39, 0.29) is 19.0 Å². The fourth-order valence-corrected chi connectivity index (χ4v) is 1.78. The molecule has 0 atom stereocenters. The highest BCUT2D eigenvalue weighted by molar-refractivity contribution is 5.86. The summed E-state index contributed by atoms with van der Waals surface area (Å²) in [7, 11) is 0. The van der Waals surface area contributed by atoms with Crippen molar-refractivity contribution in [1.82, 2.24) is 16.0 Å². The maximum atomic E-state index is 12.7. The first-order valence-corrected chi connectivity index (χ1v) is 7.31. The highest BCUT2D eigenvalue weighted by Gasteiger charge is 2.30. The molecule has 5 nitrogen and oxygen atoms in total. The van der Waals surface area contributed by atoms with Crippen molar-refractivity contribution in [2.45, 2.75) is 26.6 Å². The number of hydrogen-bond donors (Lipinski definition) is 3. The molecule has 0 saturated carbocycles. The number of rotatable bonds is 6. The molecule has 0 saturated heterocycles. The molecule has 0 radical (unpaired) electrons. The van der Waals surface area contributed by atoms with E-state index in [1.807, 2.05) is 13.8 Å². The number of benzene rings is 1. The molecule has 0 fully saturated rings. The second kappa shape index (κ2) is 9.02. The van der Waals surface area contributed by atoms with Crippen LogP contribution in [0.25, 0.3) is 0 Å². The van der Waals surface area contributed by atoms with Gasteiger partial charge in [0.15, 0.2) is 5.96 Å². The quantitative estimate of drug-likeness (QED) is 0.551. The van der Waals surface area contributed by atoms with Gasteiger partial charge in [0.25, 0.3) is 0 Å². The van der Waals surface area contributed by atoms with E-state index in [1.54, 1.807) is 6.07 Å². The minimum Gasteiger partial charge on any atom is -0.357 e. The topological polar surface area (TPSA) is 65.5 Å².